The summed E-state index contributed by atoms with van der Waals surface area (Å²) in [6.45, 7) is 6.59. The highest BCUT2D eigenvalue weighted by Crippen LogP contribution is 2.42. The van der Waals surface area contributed by atoms with Crippen LogP contribution in [0.1, 0.15) is 129 Å². The Hall–Kier alpha value is -0.660. The predicted molar refractivity (Wildman–Crippen MR) is 164 cm³/mol. The number of phosphoric ester groups is 1. The Kier molecular flexibility index (Phi) is 24.7. The molecule has 9 heteroatoms. The van der Waals surface area contributed by atoms with E-state index >= 15 is 0 Å². The maximum Gasteiger partial charge on any atom is 0.472 e. The van der Waals surface area contributed by atoms with E-state index in [1.165, 1.54) is 89.9 Å². The molecule has 8 nitrogen and oxygen atoms in total. The third-order valence-electron chi connectivity index (χ3n) is 7.01. The number of hydrogen-bond donors (Lipinski definition) is 2. The molecule has 0 aromatic rings. The Bertz CT molecular complexity index is 616. The SMILES string of the molecule is CCCCCCCCCCCCCCCCCCN(CCOP(=O)(O)OCC[N+](C)(C)C)C(=O)NCCCC. The van der Waals surface area contributed by atoms with Crippen LogP contribution in [0.4, 0.5) is 4.79 Å². The van der Waals surface area contributed by atoms with Crippen molar-refractivity contribution in [1.29, 1.82) is 0 Å². The van der Waals surface area contributed by atoms with Gasteiger partial charge in [0.1, 0.15) is 13.2 Å². The van der Waals surface area contributed by atoms with Crippen molar-refractivity contribution in [3.63, 3.8) is 0 Å². The van der Waals surface area contributed by atoms with Gasteiger partial charge < -0.3 is 19.6 Å². The maximum absolute atomic E-state index is 12.6. The molecule has 1 atom stereocenters. The maximum atomic E-state index is 12.6. The molecule has 0 fully saturated rings. The molecule has 0 rings (SSSR count). The lowest BCUT2D eigenvalue weighted by Crippen LogP contribution is -2.42. The van der Waals surface area contributed by atoms with E-state index in [0.717, 1.165) is 25.7 Å². The van der Waals surface area contributed by atoms with Gasteiger partial charge in [0.05, 0.1) is 27.7 Å². The van der Waals surface area contributed by atoms with Crippen LogP contribution in [-0.4, -0.2) is 80.8 Å². The molecule has 0 saturated heterocycles. The zero-order valence-electron chi connectivity index (χ0n) is 26.4. The number of phosphoric acid groups is 1. The largest absolute Gasteiger partial charge is 0.472 e. The number of quaternary nitrogens is 1. The van der Waals surface area contributed by atoms with Crippen LogP contribution in [0.15, 0.2) is 0 Å². The van der Waals surface area contributed by atoms with E-state index in [2.05, 4.69) is 19.2 Å². The molecule has 0 aliphatic rings. The second-order valence-electron chi connectivity index (χ2n) is 12.0. The zero-order valence-corrected chi connectivity index (χ0v) is 27.3. The fourth-order valence-electron chi connectivity index (χ4n) is 4.38. The number of carbonyl (C=O) groups excluding carboxylic acids is 1. The lowest BCUT2D eigenvalue weighted by atomic mass is 10.0. The van der Waals surface area contributed by atoms with Crippen LogP contribution < -0.4 is 5.32 Å². The highest BCUT2D eigenvalue weighted by Gasteiger charge is 2.23. The number of amides is 2. The topological polar surface area (TPSA) is 88.1 Å². The summed E-state index contributed by atoms with van der Waals surface area (Å²) in [4.78, 5) is 24.3. The number of carbonyl (C=O) groups is 1. The lowest BCUT2D eigenvalue weighted by molar-refractivity contribution is -0.870. The van der Waals surface area contributed by atoms with Crippen LogP contribution in [0, 0.1) is 0 Å². The average Bonchev–Trinajstić information content (AvgIpc) is 2.86. The van der Waals surface area contributed by atoms with Gasteiger partial charge in [-0.25, -0.2) is 9.36 Å². The van der Waals surface area contributed by atoms with Crippen LogP contribution >= 0.6 is 7.82 Å². The van der Waals surface area contributed by atoms with E-state index in [-0.39, 0.29) is 25.8 Å². The van der Waals surface area contributed by atoms with Gasteiger partial charge in [-0.05, 0) is 12.8 Å². The van der Waals surface area contributed by atoms with Crippen molar-refractivity contribution in [2.45, 2.75) is 129 Å². The molecule has 0 aliphatic heterocycles. The summed E-state index contributed by atoms with van der Waals surface area (Å²) in [5.41, 5.74) is 0. The summed E-state index contributed by atoms with van der Waals surface area (Å²) in [5.74, 6) is 0. The molecule has 2 amide bonds. The summed E-state index contributed by atoms with van der Waals surface area (Å²) >= 11 is 0. The van der Waals surface area contributed by atoms with Gasteiger partial charge in [0.2, 0.25) is 0 Å². The monoisotopic (exact) mass is 578 g/mol. The number of nitrogens with zero attached hydrogens (tertiary/aromatic N) is 2. The van der Waals surface area contributed by atoms with Crippen molar-refractivity contribution in [3.05, 3.63) is 0 Å². The smallest absolute Gasteiger partial charge is 0.338 e. The summed E-state index contributed by atoms with van der Waals surface area (Å²) in [6, 6.07) is -0.133. The Morgan fingerprint density at radius 1 is 0.692 bits per heavy atom. The van der Waals surface area contributed by atoms with E-state index in [4.69, 9.17) is 9.05 Å². The Morgan fingerprint density at radius 2 is 1.13 bits per heavy atom. The Morgan fingerprint density at radius 3 is 1.59 bits per heavy atom. The first-order valence-corrected chi connectivity index (χ1v) is 17.6. The van der Waals surface area contributed by atoms with E-state index in [0.29, 0.717) is 24.1 Å². The third kappa shape index (κ3) is 27.3. The van der Waals surface area contributed by atoms with Gasteiger partial charge in [0, 0.05) is 19.6 Å². The van der Waals surface area contributed by atoms with Crippen molar-refractivity contribution < 1.29 is 27.8 Å². The van der Waals surface area contributed by atoms with Crippen LogP contribution in [0.25, 0.3) is 0 Å². The minimum atomic E-state index is -4.12. The molecule has 1 unspecified atom stereocenters. The van der Waals surface area contributed by atoms with E-state index in [9.17, 15) is 14.3 Å². The van der Waals surface area contributed by atoms with Gasteiger partial charge >= 0.3 is 13.9 Å². The molecule has 0 aliphatic carbocycles. The number of nitrogens with one attached hydrogen (secondary N) is 1. The predicted octanol–water partition coefficient (Wildman–Crippen LogP) is 7.90. The second-order valence-corrected chi connectivity index (χ2v) is 13.5. The molecule has 0 aromatic carbocycles. The molecule has 0 heterocycles. The molecule has 0 saturated carbocycles. The fraction of sp³-hybridized carbons (Fsp3) is 0.967. The van der Waals surface area contributed by atoms with Gasteiger partial charge in [0.15, 0.2) is 0 Å². The van der Waals surface area contributed by atoms with Crippen molar-refractivity contribution in [3.8, 4) is 0 Å². The van der Waals surface area contributed by atoms with Crippen LogP contribution in [0.5, 0.6) is 0 Å². The molecule has 234 valence electrons. The molecule has 0 spiro atoms. The van der Waals surface area contributed by atoms with E-state index in [1.54, 1.807) is 4.90 Å². The van der Waals surface area contributed by atoms with Gasteiger partial charge in [-0.15, -0.1) is 0 Å². The van der Waals surface area contributed by atoms with Gasteiger partial charge in [-0.2, -0.15) is 0 Å². The van der Waals surface area contributed by atoms with Crippen molar-refractivity contribution in [2.75, 3.05) is 60.5 Å². The zero-order chi connectivity index (χ0) is 29.2. The second kappa shape index (κ2) is 25.1. The van der Waals surface area contributed by atoms with Crippen LogP contribution in [-0.2, 0) is 13.6 Å². The number of urea groups is 1. The number of likely N-dealkylation sites (N-methyl/N-ethyl adjacent to an activating group) is 1. The normalized spacial score (nSPS) is 13.4. The molecular formula is C30H65N3O5P+. The summed E-state index contributed by atoms with van der Waals surface area (Å²) in [6.07, 6.45) is 22.9. The first kappa shape index (κ1) is 38.3. The molecular weight excluding hydrogens is 513 g/mol. The van der Waals surface area contributed by atoms with Gasteiger partial charge in [0.25, 0.3) is 0 Å². The Labute approximate surface area is 241 Å². The highest BCUT2D eigenvalue weighted by atomic mass is 31.2. The minimum Gasteiger partial charge on any atom is -0.338 e. The van der Waals surface area contributed by atoms with Crippen molar-refractivity contribution in [1.82, 2.24) is 10.2 Å². The molecule has 0 aromatic heterocycles. The Balaban J connectivity index is 4.04. The third-order valence-corrected chi connectivity index (χ3v) is 8.03. The first-order valence-electron chi connectivity index (χ1n) is 16.1. The number of hydrogen-bond acceptors (Lipinski definition) is 4. The highest BCUT2D eigenvalue weighted by molar-refractivity contribution is 7.47. The van der Waals surface area contributed by atoms with Gasteiger partial charge in [-0.1, -0.05) is 117 Å². The lowest BCUT2D eigenvalue weighted by Gasteiger charge is -2.25. The number of rotatable bonds is 28. The summed E-state index contributed by atoms with van der Waals surface area (Å²) < 4.78 is 23.0. The van der Waals surface area contributed by atoms with Crippen LogP contribution in [0.3, 0.4) is 0 Å². The average molecular weight is 579 g/mol. The van der Waals surface area contributed by atoms with Crippen LogP contribution in [0.2, 0.25) is 0 Å². The van der Waals surface area contributed by atoms with Gasteiger partial charge in [-0.3, -0.25) is 9.05 Å². The molecule has 2 N–H and O–H groups in total. The summed E-state index contributed by atoms with van der Waals surface area (Å²) in [7, 11) is 1.84. The summed E-state index contributed by atoms with van der Waals surface area (Å²) in [5, 5.41) is 2.95. The van der Waals surface area contributed by atoms with Crippen molar-refractivity contribution >= 4 is 13.9 Å². The van der Waals surface area contributed by atoms with Crippen molar-refractivity contribution in [2.24, 2.45) is 0 Å². The first-order chi connectivity index (χ1) is 18.6. The number of unbranched alkanes of at least 4 members (excludes halogenated alkanes) is 16. The standard InChI is InChI=1S/C30H64N3O5P/c1-6-8-10-11-12-13-14-15-16-17-18-19-20-21-22-23-25-32(30(34)31-24-9-7-2)26-28-37-39(35,36)38-29-27-33(3,4)5/h6-29H2,1-5H3,(H-,31,34,35,36)/p+1. The fourth-order valence-corrected chi connectivity index (χ4v) is 5.08. The van der Waals surface area contributed by atoms with E-state index < -0.39 is 7.82 Å². The molecule has 39 heavy (non-hydrogen) atoms. The molecule has 0 radical (unpaired) electrons. The molecule has 0 bridgehead atoms. The quantitative estimate of drug-likeness (QED) is 0.0560. The minimum absolute atomic E-state index is 0.0296. The van der Waals surface area contributed by atoms with E-state index in [1.807, 2.05) is 21.1 Å².